The molecule has 1 fully saturated rings. The molecule has 1 unspecified atom stereocenters. The van der Waals surface area contributed by atoms with Gasteiger partial charge in [0.25, 0.3) is 5.16 Å². The number of hydrogen-bond acceptors (Lipinski definition) is 8. The summed E-state index contributed by atoms with van der Waals surface area (Å²) in [6, 6.07) is 1.45. The van der Waals surface area contributed by atoms with Crippen LogP contribution in [0.5, 0.6) is 5.88 Å². The number of piperidine rings is 1. The van der Waals surface area contributed by atoms with Gasteiger partial charge >= 0.3 is 6.09 Å². The fourth-order valence-corrected chi connectivity index (χ4v) is 3.06. The van der Waals surface area contributed by atoms with Crippen molar-refractivity contribution < 1.29 is 22.7 Å². The maximum atomic E-state index is 12.2. The molecule has 10 heteroatoms. The second-order valence-electron chi connectivity index (χ2n) is 7.26. The zero-order valence-electron chi connectivity index (χ0n) is 15.8. The lowest BCUT2D eigenvalue weighted by Crippen LogP contribution is -2.47. The van der Waals surface area contributed by atoms with Gasteiger partial charge in [-0.25, -0.2) is 18.2 Å². The Kier molecular flexibility index (Phi) is 5.94. The highest BCUT2D eigenvalue weighted by molar-refractivity contribution is 7.90. The van der Waals surface area contributed by atoms with E-state index in [1.54, 1.807) is 4.90 Å². The number of carbonyl (C=O) groups is 1. The second kappa shape index (κ2) is 7.65. The summed E-state index contributed by atoms with van der Waals surface area (Å²) in [5.41, 5.74) is -0.554. The largest absolute Gasteiger partial charge is 0.481 e. The van der Waals surface area contributed by atoms with Crippen LogP contribution >= 0.6 is 0 Å². The molecule has 0 aromatic carbocycles. The molecule has 1 atom stereocenters. The van der Waals surface area contributed by atoms with Gasteiger partial charge in [0.1, 0.15) is 11.4 Å². The fraction of sp³-hybridized carbons (Fsp3) is 0.688. The van der Waals surface area contributed by atoms with E-state index in [0.717, 1.165) is 19.1 Å². The third-order valence-corrected chi connectivity index (χ3v) is 4.49. The minimum atomic E-state index is -3.57. The molecule has 1 aliphatic rings. The number of likely N-dealkylation sites (tertiary alicyclic amines) is 1. The summed E-state index contributed by atoms with van der Waals surface area (Å²) in [5, 5.41) is 2.86. The Morgan fingerprint density at radius 2 is 2.04 bits per heavy atom. The van der Waals surface area contributed by atoms with E-state index in [-0.39, 0.29) is 23.2 Å². The lowest BCUT2D eigenvalue weighted by Gasteiger charge is -2.34. The summed E-state index contributed by atoms with van der Waals surface area (Å²) in [5.74, 6) is 0.496. The minimum absolute atomic E-state index is 0.0803. The molecule has 1 aromatic rings. The summed E-state index contributed by atoms with van der Waals surface area (Å²) < 4.78 is 33.9. The molecule has 0 saturated carbocycles. The lowest BCUT2D eigenvalue weighted by molar-refractivity contribution is 0.0206. The maximum Gasteiger partial charge on any atom is 0.410 e. The van der Waals surface area contributed by atoms with Crippen molar-refractivity contribution in [2.24, 2.45) is 0 Å². The third kappa shape index (κ3) is 5.72. The highest BCUT2D eigenvalue weighted by Gasteiger charge is 2.28. The number of methoxy groups -OCH3 is 1. The van der Waals surface area contributed by atoms with Gasteiger partial charge in [0.05, 0.1) is 7.11 Å². The minimum Gasteiger partial charge on any atom is -0.481 e. The number of nitrogens with zero attached hydrogens (tertiary/aromatic N) is 3. The third-order valence-electron chi connectivity index (χ3n) is 3.65. The second-order valence-corrected chi connectivity index (χ2v) is 9.17. The zero-order chi connectivity index (χ0) is 19.5. The topological polar surface area (TPSA) is 111 Å². The molecule has 0 aliphatic carbocycles. The molecular weight excluding hydrogens is 360 g/mol. The Bertz CT molecular complexity index is 760. The van der Waals surface area contributed by atoms with Crippen LogP contribution in [0.15, 0.2) is 11.2 Å². The smallest absolute Gasteiger partial charge is 0.410 e. The Morgan fingerprint density at radius 1 is 1.35 bits per heavy atom. The first-order valence-electron chi connectivity index (χ1n) is 8.35. The summed E-state index contributed by atoms with van der Waals surface area (Å²) in [6.45, 7) is 6.53. The molecule has 1 saturated heterocycles. The van der Waals surface area contributed by atoms with E-state index in [0.29, 0.717) is 18.9 Å². The van der Waals surface area contributed by atoms with Gasteiger partial charge in [0, 0.05) is 31.5 Å². The average Bonchev–Trinajstić information content (AvgIpc) is 2.52. The van der Waals surface area contributed by atoms with E-state index in [1.165, 1.54) is 13.2 Å². The summed E-state index contributed by atoms with van der Waals surface area (Å²) >= 11 is 0. The highest BCUT2D eigenvalue weighted by atomic mass is 32.2. The Labute approximate surface area is 154 Å². The molecule has 2 heterocycles. The number of nitrogens with one attached hydrogen (secondary N) is 1. The van der Waals surface area contributed by atoms with Gasteiger partial charge < -0.3 is 19.7 Å². The van der Waals surface area contributed by atoms with Crippen molar-refractivity contribution in [2.75, 3.05) is 31.8 Å². The van der Waals surface area contributed by atoms with E-state index in [1.807, 2.05) is 20.8 Å². The number of hydrogen-bond donors (Lipinski definition) is 1. The van der Waals surface area contributed by atoms with Crippen molar-refractivity contribution in [1.29, 1.82) is 0 Å². The predicted molar refractivity (Wildman–Crippen MR) is 96.1 cm³/mol. The van der Waals surface area contributed by atoms with Crippen LogP contribution in [0.1, 0.15) is 33.6 Å². The number of rotatable bonds is 4. The van der Waals surface area contributed by atoms with Crippen molar-refractivity contribution in [2.45, 2.75) is 50.4 Å². The van der Waals surface area contributed by atoms with Crippen LogP contribution in [0.2, 0.25) is 0 Å². The van der Waals surface area contributed by atoms with Gasteiger partial charge in [-0.05, 0) is 33.6 Å². The zero-order valence-corrected chi connectivity index (χ0v) is 16.6. The van der Waals surface area contributed by atoms with Crippen molar-refractivity contribution in [1.82, 2.24) is 14.9 Å². The normalized spacial score (nSPS) is 18.3. The average molecular weight is 386 g/mol. The monoisotopic (exact) mass is 386 g/mol. The standard InChI is InChI=1S/C16H26N4O5S/c1-16(2,3)25-15(21)20-8-6-7-11(10-20)17-12-9-13(24-4)19-14(18-12)26(5,22)23/h9,11H,6-8,10H2,1-5H3,(H,17,18,19). The molecule has 0 radical (unpaired) electrons. The van der Waals surface area contributed by atoms with Crippen LogP contribution < -0.4 is 10.1 Å². The van der Waals surface area contributed by atoms with Crippen LogP contribution in [0.3, 0.4) is 0 Å². The van der Waals surface area contributed by atoms with Crippen molar-refractivity contribution in [3.05, 3.63) is 6.07 Å². The molecular formula is C16H26N4O5S. The van der Waals surface area contributed by atoms with Crippen LogP contribution in [-0.4, -0.2) is 67.5 Å². The lowest BCUT2D eigenvalue weighted by atomic mass is 10.1. The first-order valence-corrected chi connectivity index (χ1v) is 10.2. The molecule has 0 bridgehead atoms. The predicted octanol–water partition coefficient (Wildman–Crippen LogP) is 1.70. The van der Waals surface area contributed by atoms with E-state index >= 15 is 0 Å². The Hall–Kier alpha value is -2.10. The van der Waals surface area contributed by atoms with Crippen molar-refractivity contribution >= 4 is 21.7 Å². The number of ether oxygens (including phenoxy) is 2. The summed E-state index contributed by atoms with van der Waals surface area (Å²) in [6.07, 6.45) is 2.30. The molecule has 1 aliphatic heterocycles. The van der Waals surface area contributed by atoms with Gasteiger partial charge in [0.15, 0.2) is 0 Å². The van der Waals surface area contributed by atoms with Gasteiger partial charge in [-0.15, -0.1) is 0 Å². The number of aromatic nitrogens is 2. The van der Waals surface area contributed by atoms with Crippen molar-refractivity contribution in [3.8, 4) is 5.88 Å². The molecule has 146 valence electrons. The molecule has 2 rings (SSSR count). The molecule has 1 amide bonds. The van der Waals surface area contributed by atoms with E-state index in [4.69, 9.17) is 9.47 Å². The van der Waals surface area contributed by atoms with Gasteiger partial charge in [-0.2, -0.15) is 4.98 Å². The number of sulfone groups is 1. The Morgan fingerprint density at radius 3 is 2.62 bits per heavy atom. The quantitative estimate of drug-likeness (QED) is 0.779. The number of anilines is 1. The first kappa shape index (κ1) is 20.2. The molecule has 26 heavy (non-hydrogen) atoms. The molecule has 1 N–H and O–H groups in total. The van der Waals surface area contributed by atoms with E-state index in [2.05, 4.69) is 15.3 Å². The van der Waals surface area contributed by atoms with Crippen molar-refractivity contribution in [3.63, 3.8) is 0 Å². The van der Waals surface area contributed by atoms with Crippen LogP contribution in [0, 0.1) is 0 Å². The van der Waals surface area contributed by atoms with E-state index < -0.39 is 15.4 Å². The number of carbonyl (C=O) groups excluding carboxylic acids is 1. The maximum absolute atomic E-state index is 12.2. The SMILES string of the molecule is COc1cc(NC2CCCN(C(=O)OC(C)(C)C)C2)nc(S(C)(=O)=O)n1. The van der Waals surface area contributed by atoms with E-state index in [9.17, 15) is 13.2 Å². The van der Waals surface area contributed by atoms with Crippen LogP contribution in [-0.2, 0) is 14.6 Å². The molecule has 9 nitrogen and oxygen atoms in total. The number of amides is 1. The first-order chi connectivity index (χ1) is 12.0. The fourth-order valence-electron chi connectivity index (χ4n) is 2.54. The van der Waals surface area contributed by atoms with Gasteiger partial charge in [0.2, 0.25) is 15.7 Å². The molecule has 1 aromatic heterocycles. The molecule has 0 spiro atoms. The van der Waals surface area contributed by atoms with Crippen LogP contribution in [0.4, 0.5) is 10.6 Å². The summed E-state index contributed by atoms with van der Waals surface area (Å²) in [7, 11) is -2.16. The Balaban J connectivity index is 2.12. The summed E-state index contributed by atoms with van der Waals surface area (Å²) in [4.78, 5) is 21.8. The van der Waals surface area contributed by atoms with Crippen LogP contribution in [0.25, 0.3) is 0 Å². The van der Waals surface area contributed by atoms with Gasteiger partial charge in [-0.3, -0.25) is 0 Å². The van der Waals surface area contributed by atoms with Gasteiger partial charge in [-0.1, -0.05) is 0 Å². The highest BCUT2D eigenvalue weighted by Crippen LogP contribution is 2.21.